The highest BCUT2D eigenvalue weighted by Gasteiger charge is 2.24. The number of hydrogen-bond acceptors (Lipinski definition) is 4. The van der Waals surface area contributed by atoms with E-state index in [1.165, 1.54) is 19.6 Å². The summed E-state index contributed by atoms with van der Waals surface area (Å²) >= 11 is 0. The lowest BCUT2D eigenvalue weighted by Gasteiger charge is -2.12. The van der Waals surface area contributed by atoms with Crippen molar-refractivity contribution in [2.45, 2.75) is 44.6 Å². The number of carbonyl (C=O) groups is 2. The van der Waals surface area contributed by atoms with Crippen LogP contribution in [-0.4, -0.2) is 25.2 Å². The Labute approximate surface area is 120 Å². The number of methoxy groups -OCH3 is 1. The zero-order valence-electron chi connectivity index (χ0n) is 12.0. The zero-order chi connectivity index (χ0) is 15.0. The van der Waals surface area contributed by atoms with Crippen LogP contribution in [0.25, 0.3) is 0 Å². The first-order valence-electron chi connectivity index (χ1n) is 6.88. The number of allylic oxidation sites excluding steroid dienone is 1. The normalized spacial score (nSPS) is 16.9. The van der Waals surface area contributed by atoms with Crippen molar-refractivity contribution in [2.75, 3.05) is 7.11 Å². The second-order valence-electron chi connectivity index (χ2n) is 4.79. The Morgan fingerprint density at radius 3 is 2.50 bits per heavy atom. The summed E-state index contributed by atoms with van der Waals surface area (Å²) in [5.41, 5.74) is 1.59. The van der Waals surface area contributed by atoms with E-state index in [1.807, 2.05) is 0 Å². The van der Waals surface area contributed by atoms with E-state index in [4.69, 9.17) is 4.74 Å². The van der Waals surface area contributed by atoms with Crippen LogP contribution in [0.1, 0.15) is 38.5 Å². The highest BCUT2D eigenvalue weighted by molar-refractivity contribution is 5.92. The molecule has 0 spiro atoms. The molecular formula is C16H22O4. The molecule has 20 heavy (non-hydrogen) atoms. The Bertz CT molecular complexity index is 416. The first-order chi connectivity index (χ1) is 9.58. The van der Waals surface area contributed by atoms with Crippen LogP contribution in [0, 0.1) is 0 Å². The highest BCUT2D eigenvalue weighted by Crippen LogP contribution is 2.23. The maximum Gasteiger partial charge on any atom is 0.337 e. The summed E-state index contributed by atoms with van der Waals surface area (Å²) in [5.74, 6) is -0.601. The minimum absolute atomic E-state index is 0.209. The molecular weight excluding hydrogens is 256 g/mol. The molecule has 0 atom stereocenters. The van der Waals surface area contributed by atoms with Crippen LogP contribution in [0.2, 0.25) is 0 Å². The van der Waals surface area contributed by atoms with Crippen LogP contribution in [0.3, 0.4) is 0 Å². The molecule has 0 aromatic heterocycles. The average molecular weight is 278 g/mol. The van der Waals surface area contributed by atoms with Gasteiger partial charge in [-0.2, -0.15) is 0 Å². The van der Waals surface area contributed by atoms with Gasteiger partial charge in [-0.05, 0) is 44.1 Å². The first kappa shape index (κ1) is 16.2. The van der Waals surface area contributed by atoms with Crippen LogP contribution in [0.15, 0.2) is 36.5 Å². The second-order valence-corrected chi connectivity index (χ2v) is 4.79. The fourth-order valence-electron chi connectivity index (χ4n) is 1.76. The summed E-state index contributed by atoms with van der Waals surface area (Å²) in [6.07, 6.45) is 9.94. The molecule has 0 aromatic carbocycles. The molecule has 0 aromatic rings. The second kappa shape index (κ2) is 8.35. The monoisotopic (exact) mass is 278 g/mol. The summed E-state index contributed by atoms with van der Waals surface area (Å²) in [4.78, 5) is 21.4. The van der Waals surface area contributed by atoms with Gasteiger partial charge in [0.15, 0.2) is 0 Å². The lowest BCUT2D eigenvalue weighted by molar-refractivity contribution is -0.139. The van der Waals surface area contributed by atoms with Gasteiger partial charge >= 0.3 is 11.9 Å². The Kier molecular flexibility index (Phi) is 6.77. The van der Waals surface area contributed by atoms with Gasteiger partial charge in [-0.25, -0.2) is 9.59 Å². The highest BCUT2D eigenvalue weighted by atomic mass is 16.5. The van der Waals surface area contributed by atoms with E-state index in [9.17, 15) is 9.59 Å². The quantitative estimate of drug-likeness (QED) is 0.585. The summed E-state index contributed by atoms with van der Waals surface area (Å²) in [5, 5.41) is 0. The molecule has 0 amide bonds. The smallest absolute Gasteiger partial charge is 0.337 e. The molecule has 0 heterocycles. The fourth-order valence-corrected chi connectivity index (χ4v) is 1.76. The van der Waals surface area contributed by atoms with E-state index >= 15 is 0 Å². The van der Waals surface area contributed by atoms with Gasteiger partial charge in [0, 0.05) is 6.08 Å². The van der Waals surface area contributed by atoms with Crippen LogP contribution in [0.5, 0.6) is 0 Å². The Morgan fingerprint density at radius 1 is 1.35 bits per heavy atom. The van der Waals surface area contributed by atoms with Gasteiger partial charge < -0.3 is 9.47 Å². The third-order valence-electron chi connectivity index (χ3n) is 3.08. The van der Waals surface area contributed by atoms with Gasteiger partial charge in [0.1, 0.15) is 6.10 Å². The van der Waals surface area contributed by atoms with Crippen LogP contribution < -0.4 is 0 Å². The van der Waals surface area contributed by atoms with Gasteiger partial charge in [-0.3, -0.25) is 0 Å². The molecule has 0 N–H and O–H groups in total. The van der Waals surface area contributed by atoms with Crippen molar-refractivity contribution in [2.24, 2.45) is 0 Å². The van der Waals surface area contributed by atoms with Crippen LogP contribution in [0.4, 0.5) is 0 Å². The van der Waals surface area contributed by atoms with Gasteiger partial charge in [0.05, 0.1) is 12.7 Å². The van der Waals surface area contributed by atoms with E-state index in [0.29, 0.717) is 5.57 Å². The molecule has 110 valence electrons. The van der Waals surface area contributed by atoms with Crippen molar-refractivity contribution >= 4 is 11.9 Å². The molecule has 2 rings (SSSR count). The maximum absolute atomic E-state index is 11.0. The molecule has 0 bridgehead atoms. The maximum atomic E-state index is 11.0. The van der Waals surface area contributed by atoms with Gasteiger partial charge in [0.2, 0.25) is 0 Å². The van der Waals surface area contributed by atoms with Gasteiger partial charge in [-0.1, -0.05) is 19.2 Å². The average Bonchev–Trinajstić information content (AvgIpc) is 3.31. The van der Waals surface area contributed by atoms with Crippen molar-refractivity contribution < 1.29 is 19.1 Å². The van der Waals surface area contributed by atoms with Crippen molar-refractivity contribution in [1.29, 1.82) is 0 Å². The molecule has 0 aliphatic heterocycles. The topological polar surface area (TPSA) is 52.6 Å². The van der Waals surface area contributed by atoms with Crippen molar-refractivity contribution in [3.8, 4) is 0 Å². The summed E-state index contributed by atoms with van der Waals surface area (Å²) in [7, 11) is 1.39. The van der Waals surface area contributed by atoms with Crippen molar-refractivity contribution in [3.05, 3.63) is 36.5 Å². The molecule has 1 saturated carbocycles. The number of esters is 2. The van der Waals surface area contributed by atoms with Crippen LogP contribution in [-0.2, 0) is 19.1 Å². The molecule has 0 unspecified atom stereocenters. The van der Waals surface area contributed by atoms with E-state index in [0.717, 1.165) is 37.7 Å². The lowest BCUT2D eigenvalue weighted by atomic mass is 9.94. The number of rotatable bonds is 4. The van der Waals surface area contributed by atoms with Gasteiger partial charge in [0.25, 0.3) is 0 Å². The Balaban J connectivity index is 0.000000217. The fraction of sp³-hybridized carbons (Fsp3) is 0.500. The third kappa shape index (κ3) is 5.87. The molecule has 0 saturated heterocycles. The Morgan fingerprint density at radius 2 is 2.05 bits per heavy atom. The Hall–Kier alpha value is -1.84. The van der Waals surface area contributed by atoms with Gasteiger partial charge in [-0.15, -0.1) is 0 Å². The largest absolute Gasteiger partial charge is 0.465 e. The number of ether oxygens (including phenoxy) is 2. The third-order valence-corrected chi connectivity index (χ3v) is 3.08. The first-order valence-corrected chi connectivity index (χ1v) is 6.88. The number of carbonyl (C=O) groups excluding carboxylic acids is 2. The minimum atomic E-state index is -0.303. The molecule has 4 nitrogen and oxygen atoms in total. The summed E-state index contributed by atoms with van der Waals surface area (Å²) in [6.45, 7) is 6.97. The van der Waals surface area contributed by atoms with E-state index in [2.05, 4.69) is 24.0 Å². The van der Waals surface area contributed by atoms with Crippen LogP contribution >= 0.6 is 0 Å². The minimum Gasteiger partial charge on any atom is -0.465 e. The SMILES string of the molecule is C=C(C(=O)OC)C1=CCCCC1.C=CC(=O)OC1CC1. The van der Waals surface area contributed by atoms with E-state index < -0.39 is 0 Å². The van der Waals surface area contributed by atoms with E-state index in [-0.39, 0.29) is 18.0 Å². The lowest BCUT2D eigenvalue weighted by Crippen LogP contribution is -2.07. The predicted octanol–water partition coefficient (Wildman–Crippen LogP) is 3.09. The predicted molar refractivity (Wildman–Crippen MR) is 77.0 cm³/mol. The standard InChI is InChI=1S/C10H14O2.C6H8O2/c1-8(10(11)12-2)9-6-4-3-5-7-9;1-2-6(7)8-5-3-4-5/h6H,1,3-5,7H2,2H3;2,5H,1,3-4H2. The van der Waals surface area contributed by atoms with Crippen molar-refractivity contribution in [3.63, 3.8) is 0 Å². The number of hydrogen-bond donors (Lipinski definition) is 0. The zero-order valence-corrected chi connectivity index (χ0v) is 12.0. The molecule has 0 radical (unpaired) electrons. The summed E-state index contributed by atoms with van der Waals surface area (Å²) in [6, 6.07) is 0. The van der Waals surface area contributed by atoms with Crippen molar-refractivity contribution in [1.82, 2.24) is 0 Å². The van der Waals surface area contributed by atoms with E-state index in [1.54, 1.807) is 0 Å². The summed E-state index contributed by atoms with van der Waals surface area (Å²) < 4.78 is 9.34. The molecule has 2 aliphatic carbocycles. The molecule has 4 heteroatoms. The molecule has 1 fully saturated rings. The molecule has 2 aliphatic rings.